The molecule has 0 fully saturated rings. The van der Waals surface area contributed by atoms with Crippen LogP contribution in [-0.4, -0.2) is 11.0 Å². The van der Waals surface area contributed by atoms with Gasteiger partial charge >= 0.3 is 0 Å². The zero-order valence-corrected chi connectivity index (χ0v) is 10.5. The zero-order chi connectivity index (χ0) is 13.8. The van der Waals surface area contributed by atoms with Gasteiger partial charge in [0.2, 0.25) is 0 Å². The molecule has 2 rings (SSSR count). The molecule has 3 nitrogen and oxygen atoms in total. The fourth-order valence-electron chi connectivity index (χ4n) is 1.72. The van der Waals surface area contributed by atoms with Crippen molar-refractivity contribution in [2.24, 2.45) is 0 Å². The Morgan fingerprint density at radius 3 is 2.79 bits per heavy atom. The second-order valence-electron chi connectivity index (χ2n) is 4.20. The van der Waals surface area contributed by atoms with E-state index in [2.05, 4.69) is 11.2 Å². The molecule has 19 heavy (non-hydrogen) atoms. The molecule has 0 heterocycles. The molecule has 1 amide bonds. The fourth-order valence-corrected chi connectivity index (χ4v) is 1.72. The minimum absolute atomic E-state index is 0.0452. The van der Waals surface area contributed by atoms with E-state index in [1.54, 1.807) is 36.4 Å². The van der Waals surface area contributed by atoms with E-state index in [1.165, 1.54) is 6.07 Å². The Labute approximate surface area is 111 Å². The van der Waals surface area contributed by atoms with Gasteiger partial charge in [0.15, 0.2) is 0 Å². The van der Waals surface area contributed by atoms with Gasteiger partial charge in [-0.05, 0) is 37.3 Å². The lowest BCUT2D eigenvalue weighted by Crippen LogP contribution is -2.12. The maximum atomic E-state index is 12.1. The highest BCUT2D eigenvalue weighted by Crippen LogP contribution is 2.20. The Bertz CT molecular complexity index is 669. The van der Waals surface area contributed by atoms with Crippen LogP contribution in [0.4, 0.5) is 5.69 Å². The molecule has 0 aromatic heterocycles. The number of anilines is 1. The van der Waals surface area contributed by atoms with E-state index >= 15 is 0 Å². The SMILES string of the molecule is C#Cc1cccc(NC(=O)c2cc(C)ccc2O)c1. The van der Waals surface area contributed by atoms with Gasteiger partial charge < -0.3 is 10.4 Å². The largest absolute Gasteiger partial charge is 0.507 e. The number of amides is 1. The summed E-state index contributed by atoms with van der Waals surface area (Å²) in [5, 5.41) is 12.4. The first kappa shape index (κ1) is 12.7. The Morgan fingerprint density at radius 2 is 2.05 bits per heavy atom. The van der Waals surface area contributed by atoms with E-state index in [4.69, 9.17) is 6.42 Å². The molecule has 3 heteroatoms. The summed E-state index contributed by atoms with van der Waals surface area (Å²) >= 11 is 0. The molecule has 0 aliphatic rings. The molecule has 0 saturated carbocycles. The molecular formula is C16H13NO2. The van der Waals surface area contributed by atoms with Crippen LogP contribution >= 0.6 is 0 Å². The summed E-state index contributed by atoms with van der Waals surface area (Å²) in [5.41, 5.74) is 2.43. The summed E-state index contributed by atoms with van der Waals surface area (Å²) in [6.07, 6.45) is 5.30. The molecule has 0 aliphatic carbocycles. The van der Waals surface area contributed by atoms with Crippen molar-refractivity contribution in [2.45, 2.75) is 6.92 Å². The van der Waals surface area contributed by atoms with E-state index < -0.39 is 0 Å². The monoisotopic (exact) mass is 251 g/mol. The van der Waals surface area contributed by atoms with Crippen molar-refractivity contribution in [1.29, 1.82) is 0 Å². The van der Waals surface area contributed by atoms with Crippen molar-refractivity contribution in [2.75, 3.05) is 5.32 Å². The molecule has 0 atom stereocenters. The summed E-state index contributed by atoms with van der Waals surface area (Å²) in [6, 6.07) is 11.9. The lowest BCUT2D eigenvalue weighted by molar-refractivity contribution is 0.102. The van der Waals surface area contributed by atoms with Crippen molar-refractivity contribution in [3.05, 3.63) is 59.2 Å². The Morgan fingerprint density at radius 1 is 1.26 bits per heavy atom. The molecule has 0 radical (unpaired) electrons. The summed E-state index contributed by atoms with van der Waals surface area (Å²) < 4.78 is 0. The number of hydrogen-bond acceptors (Lipinski definition) is 2. The van der Waals surface area contributed by atoms with Crippen molar-refractivity contribution in [1.82, 2.24) is 0 Å². The number of carbonyl (C=O) groups is 1. The second kappa shape index (κ2) is 5.28. The van der Waals surface area contributed by atoms with Gasteiger partial charge in [-0.3, -0.25) is 4.79 Å². The third-order valence-electron chi connectivity index (χ3n) is 2.68. The quantitative estimate of drug-likeness (QED) is 0.806. The minimum atomic E-state index is -0.365. The Balaban J connectivity index is 2.26. The number of phenols is 1. The van der Waals surface area contributed by atoms with Gasteiger partial charge in [-0.25, -0.2) is 0 Å². The van der Waals surface area contributed by atoms with Crippen LogP contribution in [0.1, 0.15) is 21.5 Å². The fraction of sp³-hybridized carbons (Fsp3) is 0.0625. The molecular weight excluding hydrogens is 238 g/mol. The van der Waals surface area contributed by atoms with Gasteiger partial charge in [0.25, 0.3) is 5.91 Å². The summed E-state index contributed by atoms with van der Waals surface area (Å²) in [4.78, 5) is 12.1. The number of nitrogens with one attached hydrogen (secondary N) is 1. The predicted octanol–water partition coefficient (Wildman–Crippen LogP) is 2.93. The van der Waals surface area contributed by atoms with E-state index in [-0.39, 0.29) is 17.2 Å². The van der Waals surface area contributed by atoms with Crippen LogP contribution < -0.4 is 5.32 Å². The van der Waals surface area contributed by atoms with Crippen LogP contribution in [0.2, 0.25) is 0 Å². The predicted molar refractivity (Wildman–Crippen MR) is 75.2 cm³/mol. The van der Waals surface area contributed by atoms with Crippen molar-refractivity contribution in [3.63, 3.8) is 0 Å². The van der Waals surface area contributed by atoms with Crippen LogP contribution in [0, 0.1) is 19.3 Å². The molecule has 0 aliphatic heterocycles. The number of benzene rings is 2. The van der Waals surface area contributed by atoms with Gasteiger partial charge in [0, 0.05) is 11.3 Å². The van der Waals surface area contributed by atoms with Crippen LogP contribution in [-0.2, 0) is 0 Å². The lowest BCUT2D eigenvalue weighted by atomic mass is 10.1. The Kier molecular flexibility index (Phi) is 3.53. The first-order chi connectivity index (χ1) is 9.10. The van der Waals surface area contributed by atoms with E-state index in [0.717, 1.165) is 5.56 Å². The van der Waals surface area contributed by atoms with E-state index in [0.29, 0.717) is 11.3 Å². The highest BCUT2D eigenvalue weighted by atomic mass is 16.3. The van der Waals surface area contributed by atoms with Gasteiger partial charge in [0.05, 0.1) is 5.56 Å². The zero-order valence-electron chi connectivity index (χ0n) is 10.5. The first-order valence-corrected chi connectivity index (χ1v) is 5.78. The van der Waals surface area contributed by atoms with E-state index in [9.17, 15) is 9.90 Å². The lowest BCUT2D eigenvalue weighted by Gasteiger charge is -2.08. The maximum absolute atomic E-state index is 12.1. The standard InChI is InChI=1S/C16H13NO2/c1-3-12-5-4-6-13(10-12)17-16(19)14-9-11(2)7-8-15(14)18/h1,4-10,18H,2H3,(H,17,19). The van der Waals surface area contributed by atoms with Crippen molar-refractivity contribution in [3.8, 4) is 18.1 Å². The second-order valence-corrected chi connectivity index (χ2v) is 4.20. The van der Waals surface area contributed by atoms with Gasteiger partial charge in [0.1, 0.15) is 5.75 Å². The van der Waals surface area contributed by atoms with Crippen LogP contribution in [0.15, 0.2) is 42.5 Å². The average molecular weight is 251 g/mol. The normalized spacial score (nSPS) is 9.68. The van der Waals surface area contributed by atoms with Crippen LogP contribution in [0.3, 0.4) is 0 Å². The highest BCUT2D eigenvalue weighted by molar-refractivity contribution is 6.06. The third kappa shape index (κ3) is 2.93. The smallest absolute Gasteiger partial charge is 0.259 e. The number of aromatic hydroxyl groups is 1. The van der Waals surface area contributed by atoms with Crippen molar-refractivity contribution < 1.29 is 9.90 Å². The maximum Gasteiger partial charge on any atom is 0.259 e. The molecule has 0 saturated heterocycles. The average Bonchev–Trinajstić information content (AvgIpc) is 2.41. The summed E-state index contributed by atoms with van der Waals surface area (Å²) in [5.74, 6) is 2.09. The molecule has 2 N–H and O–H groups in total. The van der Waals surface area contributed by atoms with Crippen LogP contribution in [0.25, 0.3) is 0 Å². The highest BCUT2D eigenvalue weighted by Gasteiger charge is 2.11. The number of hydrogen-bond donors (Lipinski definition) is 2. The molecule has 0 unspecified atom stereocenters. The number of carbonyl (C=O) groups excluding carboxylic acids is 1. The molecule has 2 aromatic rings. The Hall–Kier alpha value is -2.73. The molecule has 2 aromatic carbocycles. The summed E-state index contributed by atoms with van der Waals surface area (Å²) in [6.45, 7) is 1.86. The summed E-state index contributed by atoms with van der Waals surface area (Å²) in [7, 11) is 0. The third-order valence-corrected chi connectivity index (χ3v) is 2.68. The molecule has 0 spiro atoms. The number of rotatable bonds is 2. The van der Waals surface area contributed by atoms with Crippen LogP contribution in [0.5, 0.6) is 5.75 Å². The molecule has 0 bridgehead atoms. The van der Waals surface area contributed by atoms with E-state index in [1.807, 2.05) is 6.92 Å². The topological polar surface area (TPSA) is 49.3 Å². The molecule has 94 valence electrons. The first-order valence-electron chi connectivity index (χ1n) is 5.78. The minimum Gasteiger partial charge on any atom is -0.507 e. The number of terminal acetylenes is 1. The number of aryl methyl sites for hydroxylation is 1. The van der Waals surface area contributed by atoms with Gasteiger partial charge in [-0.15, -0.1) is 6.42 Å². The van der Waals surface area contributed by atoms with Gasteiger partial charge in [-0.1, -0.05) is 23.6 Å². The number of phenolic OH excluding ortho intramolecular Hbond substituents is 1. The van der Waals surface area contributed by atoms with Gasteiger partial charge in [-0.2, -0.15) is 0 Å². The van der Waals surface area contributed by atoms with Crippen molar-refractivity contribution >= 4 is 11.6 Å².